The molecule has 2 atom stereocenters. The van der Waals surface area contributed by atoms with Gasteiger partial charge in [-0.2, -0.15) is 10.2 Å². The monoisotopic (exact) mass is 376 g/mol. The highest BCUT2D eigenvalue weighted by Gasteiger charge is 2.25. The molecule has 8 heteroatoms. The summed E-state index contributed by atoms with van der Waals surface area (Å²) in [4.78, 5) is 13.3. The van der Waals surface area contributed by atoms with E-state index < -0.39 is 0 Å². The Bertz CT molecular complexity index is 1070. The molecule has 0 aromatic carbocycles. The van der Waals surface area contributed by atoms with Crippen molar-refractivity contribution in [3.63, 3.8) is 0 Å². The van der Waals surface area contributed by atoms with Crippen LogP contribution in [0.5, 0.6) is 0 Å². The van der Waals surface area contributed by atoms with Gasteiger partial charge in [0.25, 0.3) is 0 Å². The largest absolute Gasteiger partial charge is 0.368 e. The van der Waals surface area contributed by atoms with Crippen LogP contribution in [-0.4, -0.2) is 32.6 Å². The second kappa shape index (κ2) is 7.09. The van der Waals surface area contributed by atoms with Crippen LogP contribution >= 0.6 is 0 Å². The van der Waals surface area contributed by atoms with Gasteiger partial charge in [-0.15, -0.1) is 0 Å². The number of fused-ring (bicyclic) bond motifs is 1. The lowest BCUT2D eigenvalue weighted by Crippen LogP contribution is -2.17. The molecule has 1 saturated heterocycles. The number of pyridine rings is 1. The van der Waals surface area contributed by atoms with Crippen LogP contribution in [0.3, 0.4) is 0 Å². The Morgan fingerprint density at radius 3 is 2.93 bits per heavy atom. The third-order valence-electron chi connectivity index (χ3n) is 5.41. The molecule has 1 aliphatic heterocycles. The number of nitrogens with one attached hydrogen (secondary N) is 2. The van der Waals surface area contributed by atoms with Crippen molar-refractivity contribution in [2.24, 2.45) is 7.05 Å². The Balaban J connectivity index is 1.78. The molecule has 4 heterocycles. The Hall–Kier alpha value is -3.18. The van der Waals surface area contributed by atoms with Gasteiger partial charge >= 0.3 is 0 Å². The number of rotatable bonds is 4. The van der Waals surface area contributed by atoms with Crippen LogP contribution in [0.15, 0.2) is 18.3 Å². The highest BCUT2D eigenvalue weighted by atomic mass is 15.1. The maximum Gasteiger partial charge on any atom is 0.222 e. The van der Waals surface area contributed by atoms with E-state index in [2.05, 4.69) is 37.3 Å². The Morgan fingerprint density at radius 2 is 2.21 bits per heavy atom. The lowest BCUT2D eigenvalue weighted by Gasteiger charge is -2.22. The molecule has 4 N–H and O–H groups in total. The Kier molecular flexibility index (Phi) is 4.61. The zero-order valence-electron chi connectivity index (χ0n) is 16.3. The molecule has 3 aromatic rings. The third kappa shape index (κ3) is 3.14. The molecule has 1 unspecified atom stereocenters. The summed E-state index contributed by atoms with van der Waals surface area (Å²) >= 11 is 0. The van der Waals surface area contributed by atoms with Crippen LogP contribution in [0.1, 0.15) is 47.8 Å². The summed E-state index contributed by atoms with van der Waals surface area (Å²) in [5, 5.41) is 16.3. The highest BCUT2D eigenvalue weighted by Crippen LogP contribution is 2.33. The molecule has 28 heavy (non-hydrogen) atoms. The van der Waals surface area contributed by atoms with Crippen molar-refractivity contribution in [1.29, 1.82) is 5.26 Å². The van der Waals surface area contributed by atoms with E-state index in [0.717, 1.165) is 36.2 Å². The van der Waals surface area contributed by atoms with Crippen molar-refractivity contribution in [2.75, 3.05) is 24.1 Å². The maximum absolute atomic E-state index is 9.51. The molecule has 0 aliphatic carbocycles. The van der Waals surface area contributed by atoms with Gasteiger partial charge in [0.15, 0.2) is 0 Å². The first kappa shape index (κ1) is 18.2. The summed E-state index contributed by atoms with van der Waals surface area (Å²) in [6.07, 6.45) is 3.11. The van der Waals surface area contributed by atoms with Crippen LogP contribution in [0, 0.1) is 18.3 Å². The number of hydrogen-bond acceptors (Lipinski definition) is 7. The highest BCUT2D eigenvalue weighted by molar-refractivity contribution is 5.77. The van der Waals surface area contributed by atoms with E-state index in [1.54, 1.807) is 6.92 Å². The molecule has 4 rings (SSSR count). The number of hydrogen-bond donors (Lipinski definition) is 3. The number of nitrogens with two attached hydrogens (primary N) is 1. The summed E-state index contributed by atoms with van der Waals surface area (Å²) < 4.78 is 2.10. The minimum atomic E-state index is -0.138. The Labute approximate surface area is 163 Å². The second-order valence-electron chi connectivity index (χ2n) is 7.35. The number of nitriles is 1. The van der Waals surface area contributed by atoms with Gasteiger partial charge in [0, 0.05) is 19.8 Å². The fraction of sp³-hybridized carbons (Fsp3) is 0.400. The van der Waals surface area contributed by atoms with Gasteiger partial charge in [0.1, 0.15) is 17.5 Å². The number of aromatic nitrogens is 4. The van der Waals surface area contributed by atoms with Gasteiger partial charge in [-0.05, 0) is 50.4 Å². The molecule has 0 amide bonds. The van der Waals surface area contributed by atoms with Crippen molar-refractivity contribution >= 4 is 22.8 Å². The van der Waals surface area contributed by atoms with Gasteiger partial charge in [-0.1, -0.05) is 0 Å². The summed E-state index contributed by atoms with van der Waals surface area (Å²) in [6, 6.07) is 6.31. The standard InChI is InChI=1S/C20H24N8/c1-11-15(9-21)19(27-20(22)25-11)24-12(2)18-14(13-4-6-23-10-13)8-17-16(26-18)5-7-28(17)3/h5,7-8,12-13,23H,4,6,10H2,1-3H3,(H3,22,24,25,27)/t12-,13?/m0/s1. The number of nitrogens with zero attached hydrogens (tertiary/aromatic N) is 5. The first-order chi connectivity index (χ1) is 13.5. The van der Waals surface area contributed by atoms with Crippen molar-refractivity contribution in [1.82, 2.24) is 24.8 Å². The van der Waals surface area contributed by atoms with Crippen molar-refractivity contribution in [2.45, 2.75) is 32.2 Å². The first-order valence-electron chi connectivity index (χ1n) is 9.45. The van der Waals surface area contributed by atoms with E-state index in [1.807, 2.05) is 26.2 Å². The molecule has 0 saturated carbocycles. The van der Waals surface area contributed by atoms with Crippen molar-refractivity contribution in [3.8, 4) is 6.07 Å². The van der Waals surface area contributed by atoms with E-state index in [1.165, 1.54) is 5.56 Å². The van der Waals surface area contributed by atoms with Gasteiger partial charge in [-0.25, -0.2) is 9.97 Å². The zero-order valence-corrected chi connectivity index (χ0v) is 16.3. The summed E-state index contributed by atoms with van der Waals surface area (Å²) in [6.45, 7) is 5.76. The maximum atomic E-state index is 9.51. The lowest BCUT2D eigenvalue weighted by molar-refractivity contribution is 0.719. The predicted molar refractivity (Wildman–Crippen MR) is 109 cm³/mol. The van der Waals surface area contributed by atoms with Gasteiger partial charge < -0.3 is 20.9 Å². The van der Waals surface area contributed by atoms with Crippen molar-refractivity contribution < 1.29 is 0 Å². The summed E-state index contributed by atoms with van der Waals surface area (Å²) in [5.41, 5.74) is 11.1. The quantitative estimate of drug-likeness (QED) is 0.640. The SMILES string of the molecule is Cc1nc(N)nc(N[C@@H](C)c2nc3ccn(C)c3cc2C2CCNC2)c1C#N. The number of nitrogen functional groups attached to an aromatic ring is 1. The molecule has 3 aromatic heterocycles. The lowest BCUT2D eigenvalue weighted by atomic mass is 9.93. The van der Waals surface area contributed by atoms with Crippen LogP contribution in [0.25, 0.3) is 11.0 Å². The number of aryl methyl sites for hydroxylation is 2. The zero-order chi connectivity index (χ0) is 19.8. The van der Waals surface area contributed by atoms with E-state index in [9.17, 15) is 5.26 Å². The fourth-order valence-electron chi connectivity index (χ4n) is 3.91. The van der Waals surface area contributed by atoms with Crippen molar-refractivity contribution in [3.05, 3.63) is 40.8 Å². The van der Waals surface area contributed by atoms with E-state index >= 15 is 0 Å². The average Bonchev–Trinajstić information content (AvgIpc) is 3.30. The molecule has 1 aliphatic rings. The van der Waals surface area contributed by atoms with Gasteiger partial charge in [0.05, 0.1) is 28.5 Å². The van der Waals surface area contributed by atoms with Crippen LogP contribution in [-0.2, 0) is 7.05 Å². The van der Waals surface area contributed by atoms with E-state index in [-0.39, 0.29) is 12.0 Å². The molecule has 144 valence electrons. The molecular formula is C20H24N8. The van der Waals surface area contributed by atoms with Crippen LogP contribution < -0.4 is 16.4 Å². The third-order valence-corrected chi connectivity index (χ3v) is 5.41. The van der Waals surface area contributed by atoms with E-state index in [4.69, 9.17) is 10.7 Å². The minimum Gasteiger partial charge on any atom is -0.368 e. The second-order valence-corrected chi connectivity index (χ2v) is 7.35. The molecule has 1 fully saturated rings. The topological polar surface area (TPSA) is 117 Å². The molecular weight excluding hydrogens is 352 g/mol. The summed E-state index contributed by atoms with van der Waals surface area (Å²) in [7, 11) is 2.04. The minimum absolute atomic E-state index is 0.138. The number of anilines is 2. The smallest absolute Gasteiger partial charge is 0.222 e. The molecule has 0 radical (unpaired) electrons. The van der Waals surface area contributed by atoms with Gasteiger partial charge in [0.2, 0.25) is 5.95 Å². The van der Waals surface area contributed by atoms with E-state index in [0.29, 0.717) is 23.0 Å². The molecule has 0 spiro atoms. The predicted octanol–water partition coefficient (Wildman–Crippen LogP) is 2.38. The normalized spacial score (nSPS) is 17.6. The average molecular weight is 376 g/mol. The summed E-state index contributed by atoms with van der Waals surface area (Å²) in [5.74, 6) is 1.02. The van der Waals surface area contributed by atoms with Crippen LogP contribution in [0.4, 0.5) is 11.8 Å². The molecule has 8 nitrogen and oxygen atoms in total. The fourth-order valence-corrected chi connectivity index (χ4v) is 3.91. The van der Waals surface area contributed by atoms with Gasteiger partial charge in [-0.3, -0.25) is 0 Å². The molecule has 0 bridgehead atoms. The Morgan fingerprint density at radius 1 is 1.39 bits per heavy atom. The van der Waals surface area contributed by atoms with Crippen LogP contribution in [0.2, 0.25) is 0 Å². The first-order valence-corrected chi connectivity index (χ1v) is 9.45.